The third-order valence-corrected chi connectivity index (χ3v) is 3.29. The fourth-order valence-corrected chi connectivity index (χ4v) is 1.98. The van der Waals surface area contributed by atoms with Gasteiger partial charge in [0.25, 0.3) is 5.69 Å². The lowest BCUT2D eigenvalue weighted by atomic mass is 10.1. The second-order valence-electron chi connectivity index (χ2n) is 2.83. The predicted molar refractivity (Wildman–Crippen MR) is 66.3 cm³/mol. The number of nitrogens with zero attached hydrogens (tertiary/aromatic N) is 1. The number of carbonyl (C=O) groups excluding carboxylic acids is 2. The van der Waals surface area contributed by atoms with Crippen LogP contribution in [0.15, 0.2) is 12.1 Å². The number of hydrogen-bond donors (Lipinski definition) is 0. The molecular weight excluding hydrogens is 348 g/mol. The Labute approximate surface area is 109 Å². The van der Waals surface area contributed by atoms with Crippen LogP contribution in [0.4, 0.5) is 5.69 Å². The van der Waals surface area contributed by atoms with Crippen LogP contribution >= 0.6 is 34.2 Å². The number of ketones is 1. The van der Waals surface area contributed by atoms with E-state index in [1.165, 1.54) is 0 Å². The molecule has 5 nitrogen and oxygen atoms in total. The normalized spacial score (nSPS) is 9.88. The van der Waals surface area contributed by atoms with Gasteiger partial charge in [-0.15, -0.1) is 11.6 Å². The third kappa shape index (κ3) is 2.56. The van der Waals surface area contributed by atoms with Gasteiger partial charge in [-0.25, -0.2) is 0 Å². The topological polar surface area (TPSA) is 77.3 Å². The number of nitro benzene ring substituents is 1. The molecule has 0 spiro atoms. The molecule has 0 aromatic heterocycles. The minimum atomic E-state index is -0.659. The van der Waals surface area contributed by atoms with Crippen molar-refractivity contribution in [3.05, 3.63) is 36.9 Å². The first-order valence-corrected chi connectivity index (χ1v) is 5.65. The molecule has 0 fully saturated rings. The summed E-state index contributed by atoms with van der Waals surface area (Å²) < 4.78 is 0.379. The molecule has 0 saturated heterocycles. The molecule has 16 heavy (non-hydrogen) atoms. The second kappa shape index (κ2) is 5.35. The van der Waals surface area contributed by atoms with Gasteiger partial charge in [-0.1, -0.05) is 0 Å². The molecule has 0 saturated carbocycles. The van der Waals surface area contributed by atoms with Crippen LogP contribution in [0.3, 0.4) is 0 Å². The van der Waals surface area contributed by atoms with E-state index in [1.54, 1.807) is 22.6 Å². The summed E-state index contributed by atoms with van der Waals surface area (Å²) in [5, 5.41) is 10.6. The number of alkyl halides is 1. The standard InChI is InChI=1S/C9H5ClINO4/c10-3-8(14)7-2-6(12(15)16)1-5(4-13)9(7)11/h1-2,4H,3H2. The first-order chi connectivity index (χ1) is 7.51. The summed E-state index contributed by atoms with van der Waals surface area (Å²) in [5.41, 5.74) is -0.0776. The number of Topliss-reactive ketones (excluding diaryl/α,β-unsaturated/α-hetero) is 1. The molecule has 0 N–H and O–H groups in total. The summed E-state index contributed by atoms with van der Waals surface area (Å²) >= 11 is 7.16. The van der Waals surface area contributed by atoms with Gasteiger partial charge in [0.1, 0.15) is 0 Å². The highest BCUT2D eigenvalue weighted by Gasteiger charge is 2.18. The molecule has 1 rings (SSSR count). The molecule has 0 unspecified atom stereocenters. The van der Waals surface area contributed by atoms with Crippen molar-refractivity contribution in [2.75, 3.05) is 5.88 Å². The number of aldehydes is 1. The van der Waals surface area contributed by atoms with Gasteiger partial charge in [-0.3, -0.25) is 19.7 Å². The number of benzene rings is 1. The summed E-state index contributed by atoms with van der Waals surface area (Å²) in [4.78, 5) is 32.0. The van der Waals surface area contributed by atoms with Crippen molar-refractivity contribution in [3.8, 4) is 0 Å². The third-order valence-electron chi connectivity index (χ3n) is 1.85. The van der Waals surface area contributed by atoms with Crippen LogP contribution in [0.5, 0.6) is 0 Å². The highest BCUT2D eigenvalue weighted by Crippen LogP contribution is 2.24. The number of rotatable bonds is 4. The molecule has 0 heterocycles. The van der Waals surface area contributed by atoms with E-state index in [0.29, 0.717) is 9.86 Å². The number of carbonyl (C=O) groups is 2. The average Bonchev–Trinajstić information content (AvgIpc) is 2.28. The van der Waals surface area contributed by atoms with Crippen molar-refractivity contribution in [2.45, 2.75) is 0 Å². The van der Waals surface area contributed by atoms with E-state index in [9.17, 15) is 19.7 Å². The average molecular weight is 353 g/mol. The van der Waals surface area contributed by atoms with Gasteiger partial charge >= 0.3 is 0 Å². The summed E-state index contributed by atoms with van der Waals surface area (Å²) in [5.74, 6) is -0.729. The Morgan fingerprint density at radius 1 is 1.56 bits per heavy atom. The largest absolute Gasteiger partial charge is 0.298 e. The van der Waals surface area contributed by atoms with Crippen LogP contribution < -0.4 is 0 Å². The van der Waals surface area contributed by atoms with E-state index in [0.717, 1.165) is 12.1 Å². The minimum Gasteiger partial charge on any atom is -0.298 e. The van der Waals surface area contributed by atoms with Gasteiger partial charge in [0.15, 0.2) is 12.1 Å². The van der Waals surface area contributed by atoms with Crippen molar-refractivity contribution in [3.63, 3.8) is 0 Å². The zero-order chi connectivity index (χ0) is 12.3. The van der Waals surface area contributed by atoms with Crippen LogP contribution in [0.2, 0.25) is 0 Å². The summed E-state index contributed by atoms with van der Waals surface area (Å²) in [7, 11) is 0. The van der Waals surface area contributed by atoms with E-state index in [1.807, 2.05) is 0 Å². The Hall–Kier alpha value is -1.02. The van der Waals surface area contributed by atoms with Crippen molar-refractivity contribution in [1.29, 1.82) is 0 Å². The lowest BCUT2D eigenvalue weighted by Gasteiger charge is -2.03. The van der Waals surface area contributed by atoms with E-state index < -0.39 is 10.7 Å². The lowest BCUT2D eigenvalue weighted by molar-refractivity contribution is -0.384. The number of non-ortho nitro benzene ring substituents is 1. The van der Waals surface area contributed by atoms with Crippen LogP contribution in [0.1, 0.15) is 20.7 Å². The quantitative estimate of drug-likeness (QED) is 0.208. The van der Waals surface area contributed by atoms with Crippen molar-refractivity contribution in [2.24, 2.45) is 0 Å². The van der Waals surface area contributed by atoms with Crippen LogP contribution in [-0.2, 0) is 0 Å². The number of halogens is 2. The molecule has 0 aliphatic carbocycles. The van der Waals surface area contributed by atoms with Crippen LogP contribution in [-0.4, -0.2) is 22.9 Å². The summed E-state index contributed by atoms with van der Waals surface area (Å²) in [6.07, 6.45) is 0.472. The zero-order valence-electron chi connectivity index (χ0n) is 7.78. The SMILES string of the molecule is O=Cc1cc([N+](=O)[O-])cc(C(=O)CCl)c1I. The molecule has 0 radical (unpaired) electrons. The molecule has 1 aromatic rings. The first-order valence-electron chi connectivity index (χ1n) is 4.03. The Balaban J connectivity index is 3.47. The Morgan fingerprint density at radius 3 is 2.62 bits per heavy atom. The molecule has 0 bridgehead atoms. The highest BCUT2D eigenvalue weighted by molar-refractivity contribution is 14.1. The summed E-state index contributed by atoms with van der Waals surface area (Å²) in [6.45, 7) is 0. The predicted octanol–water partition coefficient (Wildman–Crippen LogP) is 2.43. The van der Waals surface area contributed by atoms with Crippen LogP contribution in [0.25, 0.3) is 0 Å². The van der Waals surface area contributed by atoms with Gasteiger partial charge in [0.05, 0.1) is 10.8 Å². The zero-order valence-corrected chi connectivity index (χ0v) is 10.7. The Bertz CT molecular complexity index is 475. The highest BCUT2D eigenvalue weighted by atomic mass is 127. The lowest BCUT2D eigenvalue weighted by Crippen LogP contribution is -2.06. The maximum Gasteiger partial charge on any atom is 0.270 e. The minimum absolute atomic E-state index is 0.104. The molecule has 0 aliphatic rings. The van der Waals surface area contributed by atoms with E-state index in [-0.39, 0.29) is 22.7 Å². The molecular formula is C9H5ClINO4. The van der Waals surface area contributed by atoms with Gasteiger partial charge in [-0.05, 0) is 22.6 Å². The smallest absolute Gasteiger partial charge is 0.270 e. The molecule has 1 aromatic carbocycles. The fourth-order valence-electron chi connectivity index (χ4n) is 1.10. The van der Waals surface area contributed by atoms with E-state index >= 15 is 0 Å². The molecule has 0 atom stereocenters. The monoisotopic (exact) mass is 353 g/mol. The maximum atomic E-state index is 11.4. The molecule has 0 aliphatic heterocycles. The number of nitro groups is 1. The van der Waals surface area contributed by atoms with Crippen molar-refractivity contribution >= 4 is 51.9 Å². The Kier molecular flexibility index (Phi) is 4.36. The molecule has 0 amide bonds. The van der Waals surface area contributed by atoms with Gasteiger partial charge in [-0.2, -0.15) is 0 Å². The van der Waals surface area contributed by atoms with Gasteiger partial charge in [0, 0.05) is 26.8 Å². The van der Waals surface area contributed by atoms with E-state index in [4.69, 9.17) is 11.6 Å². The van der Waals surface area contributed by atoms with Gasteiger partial charge < -0.3 is 0 Å². The molecule has 7 heteroatoms. The van der Waals surface area contributed by atoms with Crippen molar-refractivity contribution < 1.29 is 14.5 Å². The van der Waals surface area contributed by atoms with Crippen molar-refractivity contribution in [1.82, 2.24) is 0 Å². The fraction of sp³-hybridized carbons (Fsp3) is 0.111. The van der Waals surface area contributed by atoms with Crippen LogP contribution in [0, 0.1) is 13.7 Å². The number of hydrogen-bond acceptors (Lipinski definition) is 4. The van der Waals surface area contributed by atoms with E-state index in [2.05, 4.69) is 0 Å². The second-order valence-corrected chi connectivity index (χ2v) is 4.17. The first kappa shape index (κ1) is 13.0. The summed E-state index contributed by atoms with van der Waals surface area (Å²) in [6, 6.07) is 2.25. The molecule has 84 valence electrons. The Morgan fingerprint density at radius 2 is 2.19 bits per heavy atom. The maximum absolute atomic E-state index is 11.4. The van der Waals surface area contributed by atoms with Gasteiger partial charge in [0.2, 0.25) is 0 Å².